The third-order valence-corrected chi connectivity index (χ3v) is 5.44. The van der Waals surface area contributed by atoms with Crippen LogP contribution in [0.25, 0.3) is 0 Å². The Kier molecular flexibility index (Phi) is 7.20. The molecule has 2 unspecified atom stereocenters. The Hall–Kier alpha value is -2.91. The average Bonchev–Trinajstić information content (AvgIpc) is 3.21. The number of para-hydroxylation sites is 1. The Bertz CT molecular complexity index is 911. The topological polar surface area (TPSA) is 91.9 Å². The third-order valence-electron chi connectivity index (χ3n) is 4.12. The molecule has 0 bridgehead atoms. The van der Waals surface area contributed by atoms with Gasteiger partial charge >= 0.3 is 6.03 Å². The van der Waals surface area contributed by atoms with E-state index in [1.54, 1.807) is 24.3 Å². The van der Waals surface area contributed by atoms with Gasteiger partial charge in [-0.05, 0) is 55.5 Å². The molecule has 0 radical (unpaired) electrons. The van der Waals surface area contributed by atoms with Gasteiger partial charge < -0.3 is 25.3 Å². The second kappa shape index (κ2) is 10.0. The fourth-order valence-corrected chi connectivity index (χ4v) is 3.68. The molecule has 0 fully saturated rings. The smallest absolute Gasteiger partial charge is 0.319 e. The molecule has 1 heterocycles. The van der Waals surface area contributed by atoms with E-state index in [0.717, 1.165) is 15.5 Å². The standard InChI is InChI=1S/C21H23N3O4S/c1-14(18-12-13-19(29-18)20(24-26)27-2)22-21(25)23-15-8-10-17(11-9-15)28-16-6-4-3-5-7-16/h3-14,20,24,26H,1-2H3,(H2,22,23,25). The molecule has 29 heavy (non-hydrogen) atoms. The van der Waals surface area contributed by atoms with Gasteiger partial charge in [0, 0.05) is 17.7 Å². The molecule has 4 N–H and O–H groups in total. The molecule has 1 aromatic heterocycles. The fourth-order valence-electron chi connectivity index (χ4n) is 2.64. The summed E-state index contributed by atoms with van der Waals surface area (Å²) < 4.78 is 10.9. The molecule has 0 spiro atoms. The zero-order chi connectivity index (χ0) is 20.6. The fraction of sp³-hybridized carbons (Fsp3) is 0.190. The number of nitrogens with one attached hydrogen (secondary N) is 3. The number of ether oxygens (including phenoxy) is 2. The molecule has 0 aliphatic rings. The number of methoxy groups -OCH3 is 1. The van der Waals surface area contributed by atoms with Gasteiger partial charge in [-0.2, -0.15) is 5.48 Å². The maximum absolute atomic E-state index is 12.3. The molecule has 3 aromatic rings. The minimum atomic E-state index is -0.591. The lowest BCUT2D eigenvalue weighted by Gasteiger charge is -2.14. The number of rotatable bonds is 8. The van der Waals surface area contributed by atoms with Gasteiger partial charge in [0.2, 0.25) is 0 Å². The summed E-state index contributed by atoms with van der Waals surface area (Å²) in [4.78, 5) is 14.1. The maximum Gasteiger partial charge on any atom is 0.319 e. The first kappa shape index (κ1) is 20.8. The predicted octanol–water partition coefficient (Wildman–Crippen LogP) is 5.05. The van der Waals surface area contributed by atoms with E-state index in [1.807, 2.05) is 49.4 Å². The molecule has 0 aliphatic carbocycles. The Morgan fingerprint density at radius 1 is 0.966 bits per heavy atom. The van der Waals surface area contributed by atoms with Crippen LogP contribution >= 0.6 is 11.3 Å². The van der Waals surface area contributed by atoms with Gasteiger partial charge in [-0.1, -0.05) is 18.2 Å². The van der Waals surface area contributed by atoms with Crippen LogP contribution in [-0.4, -0.2) is 18.3 Å². The summed E-state index contributed by atoms with van der Waals surface area (Å²) >= 11 is 1.44. The van der Waals surface area contributed by atoms with Crippen molar-refractivity contribution in [2.75, 3.05) is 12.4 Å². The summed E-state index contributed by atoms with van der Waals surface area (Å²) in [5.41, 5.74) is 2.75. The highest BCUT2D eigenvalue weighted by atomic mass is 32.1. The third kappa shape index (κ3) is 5.78. The summed E-state index contributed by atoms with van der Waals surface area (Å²) in [6, 6.07) is 19.9. The molecule has 8 heteroatoms. The van der Waals surface area contributed by atoms with Gasteiger partial charge in [-0.15, -0.1) is 11.3 Å². The SMILES string of the molecule is COC(NO)c1ccc(C(C)NC(=O)Nc2ccc(Oc3ccccc3)cc2)s1. The molecule has 152 valence electrons. The molecule has 0 aliphatic heterocycles. The molecule has 3 rings (SSSR count). The second-order valence-corrected chi connectivity index (χ2v) is 7.39. The number of hydrogen-bond acceptors (Lipinski definition) is 6. The summed E-state index contributed by atoms with van der Waals surface area (Å²) in [6.45, 7) is 1.89. The zero-order valence-corrected chi connectivity index (χ0v) is 16.9. The van der Waals surface area contributed by atoms with Crippen LogP contribution in [0.4, 0.5) is 10.5 Å². The lowest BCUT2D eigenvalue weighted by molar-refractivity contribution is -0.0275. The Morgan fingerprint density at radius 2 is 1.62 bits per heavy atom. The molecule has 2 amide bonds. The minimum Gasteiger partial charge on any atom is -0.457 e. The van der Waals surface area contributed by atoms with Crippen LogP contribution in [0.3, 0.4) is 0 Å². The van der Waals surface area contributed by atoms with Crippen molar-refractivity contribution >= 4 is 23.1 Å². The normalized spacial score (nSPS) is 12.8. The van der Waals surface area contributed by atoms with Gasteiger partial charge in [0.15, 0.2) is 6.23 Å². The van der Waals surface area contributed by atoms with E-state index < -0.39 is 6.23 Å². The molecule has 0 saturated heterocycles. The lowest BCUT2D eigenvalue weighted by atomic mass is 10.2. The van der Waals surface area contributed by atoms with Crippen LogP contribution in [0, 0.1) is 0 Å². The van der Waals surface area contributed by atoms with Crippen molar-refractivity contribution < 1.29 is 19.5 Å². The monoisotopic (exact) mass is 413 g/mol. The van der Waals surface area contributed by atoms with Gasteiger partial charge in [0.05, 0.1) is 10.9 Å². The zero-order valence-electron chi connectivity index (χ0n) is 16.1. The average molecular weight is 413 g/mol. The highest BCUT2D eigenvalue weighted by molar-refractivity contribution is 7.12. The number of hydroxylamine groups is 1. The Balaban J connectivity index is 1.53. The number of carbonyl (C=O) groups excluding carboxylic acids is 1. The first-order valence-electron chi connectivity index (χ1n) is 9.01. The van der Waals surface area contributed by atoms with E-state index in [4.69, 9.17) is 14.7 Å². The number of amides is 2. The molecular formula is C21H23N3O4S. The largest absolute Gasteiger partial charge is 0.457 e. The van der Waals surface area contributed by atoms with Crippen LogP contribution in [0.15, 0.2) is 66.7 Å². The van der Waals surface area contributed by atoms with E-state index in [9.17, 15) is 4.79 Å². The van der Waals surface area contributed by atoms with E-state index in [1.165, 1.54) is 18.4 Å². The van der Waals surface area contributed by atoms with E-state index in [0.29, 0.717) is 11.4 Å². The molecule has 2 aromatic carbocycles. The van der Waals surface area contributed by atoms with Gasteiger partial charge in [0.1, 0.15) is 11.5 Å². The van der Waals surface area contributed by atoms with Crippen LogP contribution in [0.1, 0.15) is 28.9 Å². The Labute approximate surface area is 173 Å². The summed E-state index contributed by atoms with van der Waals surface area (Å²) in [7, 11) is 1.50. The number of benzene rings is 2. The summed E-state index contributed by atoms with van der Waals surface area (Å²) in [6.07, 6.45) is -0.591. The summed E-state index contributed by atoms with van der Waals surface area (Å²) in [5, 5.41) is 14.8. The number of carbonyl (C=O) groups is 1. The summed E-state index contributed by atoms with van der Waals surface area (Å²) in [5.74, 6) is 1.44. The van der Waals surface area contributed by atoms with Gasteiger partial charge in [-0.25, -0.2) is 4.79 Å². The first-order valence-corrected chi connectivity index (χ1v) is 9.83. The predicted molar refractivity (Wildman–Crippen MR) is 113 cm³/mol. The van der Waals surface area contributed by atoms with Crippen LogP contribution < -0.4 is 20.9 Å². The highest BCUT2D eigenvalue weighted by Gasteiger charge is 2.16. The van der Waals surface area contributed by atoms with E-state index >= 15 is 0 Å². The van der Waals surface area contributed by atoms with Crippen molar-refractivity contribution in [3.63, 3.8) is 0 Å². The molecule has 0 saturated carbocycles. The van der Waals surface area contributed by atoms with E-state index in [-0.39, 0.29) is 12.1 Å². The van der Waals surface area contributed by atoms with E-state index in [2.05, 4.69) is 16.1 Å². The molecule has 2 atom stereocenters. The molecule has 7 nitrogen and oxygen atoms in total. The maximum atomic E-state index is 12.3. The van der Waals surface area contributed by atoms with Crippen molar-refractivity contribution in [1.29, 1.82) is 0 Å². The number of anilines is 1. The van der Waals surface area contributed by atoms with Crippen molar-refractivity contribution in [1.82, 2.24) is 10.8 Å². The minimum absolute atomic E-state index is 0.203. The number of thiophene rings is 1. The first-order chi connectivity index (χ1) is 14.1. The quantitative estimate of drug-likeness (QED) is 0.306. The van der Waals surface area contributed by atoms with Crippen molar-refractivity contribution in [2.24, 2.45) is 0 Å². The van der Waals surface area contributed by atoms with Crippen LogP contribution in [0.2, 0.25) is 0 Å². The Morgan fingerprint density at radius 3 is 2.28 bits per heavy atom. The number of urea groups is 1. The van der Waals surface area contributed by atoms with Crippen molar-refractivity contribution in [2.45, 2.75) is 19.2 Å². The van der Waals surface area contributed by atoms with Gasteiger partial charge in [0.25, 0.3) is 0 Å². The molecular weight excluding hydrogens is 390 g/mol. The van der Waals surface area contributed by atoms with Crippen molar-refractivity contribution in [3.8, 4) is 11.5 Å². The van der Waals surface area contributed by atoms with Crippen LogP contribution in [-0.2, 0) is 4.74 Å². The second-order valence-electron chi connectivity index (χ2n) is 6.24. The van der Waals surface area contributed by atoms with Crippen molar-refractivity contribution in [3.05, 3.63) is 76.5 Å². The number of hydrogen-bond donors (Lipinski definition) is 4. The van der Waals surface area contributed by atoms with Gasteiger partial charge in [-0.3, -0.25) is 0 Å². The lowest BCUT2D eigenvalue weighted by Crippen LogP contribution is -2.30. The van der Waals surface area contributed by atoms with Crippen LogP contribution in [0.5, 0.6) is 11.5 Å². The highest BCUT2D eigenvalue weighted by Crippen LogP contribution is 2.28.